The summed E-state index contributed by atoms with van der Waals surface area (Å²) in [6.07, 6.45) is 8.78. The molecule has 1 aromatic heterocycles. The fourth-order valence-electron chi connectivity index (χ4n) is 7.60. The Labute approximate surface area is 226 Å². The molecular weight excluding hydrogens is 494 g/mol. The van der Waals surface area contributed by atoms with E-state index in [1.54, 1.807) is 30.5 Å². The number of fused-ring (bicyclic) bond motifs is 1. The molecule has 200 valence electrons. The first kappa shape index (κ1) is 25.6. The van der Waals surface area contributed by atoms with E-state index < -0.39 is 10.0 Å². The summed E-state index contributed by atoms with van der Waals surface area (Å²) in [5, 5.41) is 0.914. The summed E-state index contributed by atoms with van der Waals surface area (Å²) in [6, 6.07) is 16.4. The number of nitrogens with zero attached hydrogens (tertiary/aromatic N) is 1. The lowest BCUT2D eigenvalue weighted by Crippen LogP contribution is -2.56. The minimum absolute atomic E-state index is 0.0449. The summed E-state index contributed by atoms with van der Waals surface area (Å²) in [5.74, 6) is 0.541. The van der Waals surface area contributed by atoms with Crippen LogP contribution >= 0.6 is 0 Å². The second-order valence-electron chi connectivity index (χ2n) is 11.5. The van der Waals surface area contributed by atoms with Gasteiger partial charge in [-0.2, -0.15) is 0 Å². The molecule has 2 saturated carbocycles. The molecule has 5 atom stereocenters. The summed E-state index contributed by atoms with van der Waals surface area (Å²) in [5.41, 5.74) is 3.74. The highest BCUT2D eigenvalue weighted by Crippen LogP contribution is 2.69. The predicted octanol–water partition coefficient (Wildman–Crippen LogP) is 7.19. The fraction of sp³-hybridized carbons (Fsp3) is 0.438. The number of allylic oxidation sites excluding steroid dienone is 1. The van der Waals surface area contributed by atoms with E-state index in [1.165, 1.54) is 9.55 Å². The summed E-state index contributed by atoms with van der Waals surface area (Å²) in [6.45, 7) is 12.0. The zero-order valence-electron chi connectivity index (χ0n) is 22.5. The van der Waals surface area contributed by atoms with Gasteiger partial charge in [-0.15, -0.1) is 0 Å². The van der Waals surface area contributed by atoms with Crippen LogP contribution in [0.4, 0.5) is 0 Å². The molecule has 0 N–H and O–H groups in total. The van der Waals surface area contributed by atoms with Gasteiger partial charge in [0.15, 0.2) is 6.29 Å². The van der Waals surface area contributed by atoms with Crippen molar-refractivity contribution in [2.75, 3.05) is 6.61 Å². The summed E-state index contributed by atoms with van der Waals surface area (Å²) >= 11 is 0. The maximum absolute atomic E-state index is 13.7. The van der Waals surface area contributed by atoms with Gasteiger partial charge in [0.1, 0.15) is 0 Å². The van der Waals surface area contributed by atoms with Gasteiger partial charge in [0.25, 0.3) is 10.0 Å². The molecule has 6 heteroatoms. The Morgan fingerprint density at radius 2 is 1.87 bits per heavy atom. The van der Waals surface area contributed by atoms with Crippen LogP contribution in [0.1, 0.15) is 58.4 Å². The molecule has 2 aliphatic carbocycles. The van der Waals surface area contributed by atoms with E-state index >= 15 is 0 Å². The highest BCUT2D eigenvalue weighted by molar-refractivity contribution is 7.90. The molecule has 3 aliphatic rings. The molecule has 6 rings (SSSR count). The number of hydrogen-bond donors (Lipinski definition) is 0. The zero-order valence-corrected chi connectivity index (χ0v) is 23.3. The zero-order chi connectivity index (χ0) is 26.7. The third-order valence-electron chi connectivity index (χ3n) is 9.79. The molecule has 38 heavy (non-hydrogen) atoms. The highest BCUT2D eigenvalue weighted by Gasteiger charge is 2.65. The maximum Gasteiger partial charge on any atom is 0.268 e. The summed E-state index contributed by atoms with van der Waals surface area (Å²) in [4.78, 5) is 0.276. The summed E-state index contributed by atoms with van der Waals surface area (Å²) < 4.78 is 41.5. The number of rotatable bonds is 5. The van der Waals surface area contributed by atoms with Crippen LogP contribution in [0.15, 0.2) is 83.4 Å². The van der Waals surface area contributed by atoms with Crippen molar-refractivity contribution >= 4 is 27.0 Å². The molecule has 1 spiro atoms. The molecular formula is C32H37NO4S. The molecule has 0 radical (unpaired) electrons. The van der Waals surface area contributed by atoms with Gasteiger partial charge in [-0.3, -0.25) is 0 Å². The van der Waals surface area contributed by atoms with Crippen LogP contribution in [0, 0.1) is 16.7 Å². The van der Waals surface area contributed by atoms with Gasteiger partial charge in [0.05, 0.1) is 16.5 Å². The van der Waals surface area contributed by atoms with E-state index in [2.05, 4.69) is 26.5 Å². The minimum Gasteiger partial charge on any atom is -0.353 e. The van der Waals surface area contributed by atoms with Crippen LogP contribution in [0.5, 0.6) is 0 Å². The van der Waals surface area contributed by atoms with Crippen LogP contribution < -0.4 is 0 Å². The van der Waals surface area contributed by atoms with Crippen LogP contribution in [-0.4, -0.2) is 31.4 Å². The lowest BCUT2D eigenvalue weighted by Gasteiger charge is -2.60. The quantitative estimate of drug-likeness (QED) is 0.350. The van der Waals surface area contributed by atoms with Gasteiger partial charge in [-0.25, -0.2) is 12.4 Å². The van der Waals surface area contributed by atoms with E-state index in [4.69, 9.17) is 9.47 Å². The van der Waals surface area contributed by atoms with E-state index in [0.717, 1.165) is 48.6 Å². The Bertz CT molecular complexity index is 1520. The van der Waals surface area contributed by atoms with Gasteiger partial charge in [-0.05, 0) is 73.8 Å². The normalized spacial score (nSPS) is 32.4. The largest absolute Gasteiger partial charge is 0.353 e. The van der Waals surface area contributed by atoms with Crippen molar-refractivity contribution < 1.29 is 17.9 Å². The Kier molecular flexibility index (Phi) is 6.21. The second-order valence-corrected chi connectivity index (χ2v) is 13.3. The van der Waals surface area contributed by atoms with Gasteiger partial charge in [-0.1, -0.05) is 62.4 Å². The number of ether oxygens (including phenoxy) is 2. The smallest absolute Gasteiger partial charge is 0.268 e. The number of benzene rings is 2. The van der Waals surface area contributed by atoms with Gasteiger partial charge in [0, 0.05) is 35.6 Å². The highest BCUT2D eigenvalue weighted by atomic mass is 32.2. The Hall–Kier alpha value is -2.67. The van der Waals surface area contributed by atoms with Crippen LogP contribution in [0.2, 0.25) is 0 Å². The maximum atomic E-state index is 13.7. The van der Waals surface area contributed by atoms with E-state index in [0.29, 0.717) is 18.0 Å². The van der Waals surface area contributed by atoms with Crippen molar-refractivity contribution in [1.29, 1.82) is 0 Å². The molecule has 2 heterocycles. The van der Waals surface area contributed by atoms with Crippen molar-refractivity contribution in [2.24, 2.45) is 16.7 Å². The van der Waals surface area contributed by atoms with Crippen molar-refractivity contribution in [3.05, 3.63) is 84.1 Å². The Morgan fingerprint density at radius 1 is 1.13 bits per heavy atom. The van der Waals surface area contributed by atoms with Crippen molar-refractivity contribution in [3.63, 3.8) is 0 Å². The number of hydrogen-bond acceptors (Lipinski definition) is 4. The van der Waals surface area contributed by atoms with E-state index in [1.807, 2.05) is 37.3 Å². The van der Waals surface area contributed by atoms with Crippen molar-refractivity contribution in [2.45, 2.75) is 70.2 Å². The molecule has 1 aliphatic heterocycles. The predicted molar refractivity (Wildman–Crippen MR) is 151 cm³/mol. The molecule has 3 aromatic rings. The molecule has 2 aromatic carbocycles. The van der Waals surface area contributed by atoms with Crippen molar-refractivity contribution in [3.8, 4) is 0 Å². The topological polar surface area (TPSA) is 57.5 Å². The van der Waals surface area contributed by atoms with Crippen molar-refractivity contribution in [1.82, 2.24) is 3.97 Å². The molecule has 5 nitrogen and oxygen atoms in total. The summed E-state index contributed by atoms with van der Waals surface area (Å²) in [7, 11) is -3.76. The molecule has 0 bridgehead atoms. The molecule has 0 amide bonds. The van der Waals surface area contributed by atoms with Gasteiger partial charge in [0.2, 0.25) is 0 Å². The number of aromatic nitrogens is 1. The number of para-hydroxylation sites is 1. The third kappa shape index (κ3) is 3.60. The van der Waals surface area contributed by atoms with Crippen LogP contribution in [-0.2, 0) is 19.5 Å². The van der Waals surface area contributed by atoms with Crippen LogP contribution in [0.25, 0.3) is 17.0 Å². The third-order valence-corrected chi connectivity index (χ3v) is 11.5. The van der Waals surface area contributed by atoms with Crippen LogP contribution in [0.3, 0.4) is 0 Å². The van der Waals surface area contributed by atoms with E-state index in [-0.39, 0.29) is 28.1 Å². The minimum atomic E-state index is -3.76. The lowest BCUT2D eigenvalue weighted by molar-refractivity contribution is -0.148. The second kappa shape index (κ2) is 9.22. The average molecular weight is 532 g/mol. The van der Waals surface area contributed by atoms with Gasteiger partial charge < -0.3 is 9.47 Å². The monoisotopic (exact) mass is 531 g/mol. The van der Waals surface area contributed by atoms with Gasteiger partial charge >= 0.3 is 0 Å². The first-order chi connectivity index (χ1) is 18.2. The van der Waals surface area contributed by atoms with E-state index in [9.17, 15) is 8.42 Å². The molecule has 1 saturated heterocycles. The molecule has 3 fully saturated rings. The molecule has 4 unspecified atom stereocenters. The standard InChI is InChI=1S/C32H37NO4S/c1-5-36-30-20-32-27(22(2)17-18-31(32,4)23(3)15-16-29(32)37-30)19-24-21-33(28-14-10-9-13-26(24)28)38(34,35)25-11-7-6-8-12-25/h6-14,19,21,23,29-30H,2,5,15-18,20H2,1,3-4H3/b27-19+/t23?,29?,30-,31?,32?/m1/s1. The Morgan fingerprint density at radius 3 is 2.63 bits per heavy atom. The Balaban J connectivity index is 1.56. The SMILES string of the molecule is C=C1CCC2(C)C(C)CCC3O[C@@H](OCC)CC32/C1=C/c1cn(S(=O)(=O)c2ccccc2)c2ccccc12. The fourth-order valence-corrected chi connectivity index (χ4v) is 9.00. The first-order valence-electron chi connectivity index (χ1n) is 13.8. The lowest BCUT2D eigenvalue weighted by atomic mass is 9.44. The average Bonchev–Trinajstić information content (AvgIpc) is 3.48. The first-order valence-corrected chi connectivity index (χ1v) is 15.2.